The molecule has 0 amide bonds. The van der Waals surface area contributed by atoms with Crippen LogP contribution in [0.25, 0.3) is 16.7 Å². The fourth-order valence-electron chi connectivity index (χ4n) is 4.78. The van der Waals surface area contributed by atoms with Crippen LogP contribution in [-0.2, 0) is 16.1 Å². The number of nitrogens with one attached hydrogen (secondary N) is 1. The van der Waals surface area contributed by atoms with Gasteiger partial charge in [0.15, 0.2) is 0 Å². The van der Waals surface area contributed by atoms with Crippen LogP contribution in [0.3, 0.4) is 0 Å². The molecule has 198 valence electrons. The molecule has 4 aromatic rings. The average molecular weight is 515 g/mol. The molecule has 7 rings (SSSR count). The van der Waals surface area contributed by atoms with Crippen LogP contribution in [0.1, 0.15) is 29.3 Å². The number of hydrogen-bond donors (Lipinski definition) is 1. The Bertz CT molecular complexity index is 1350. The molecule has 38 heavy (non-hydrogen) atoms. The second-order valence-electron chi connectivity index (χ2n) is 9.36. The summed E-state index contributed by atoms with van der Waals surface area (Å²) >= 11 is 0. The van der Waals surface area contributed by atoms with E-state index in [9.17, 15) is 4.79 Å². The molecule has 0 spiro atoms. The maximum atomic E-state index is 12.2. The van der Waals surface area contributed by atoms with Gasteiger partial charge in [0.05, 0.1) is 23.2 Å². The third-order valence-corrected chi connectivity index (χ3v) is 6.89. The number of imidazole rings is 1. The van der Waals surface area contributed by atoms with Gasteiger partial charge in [-0.25, -0.2) is 9.78 Å². The van der Waals surface area contributed by atoms with Crippen LogP contribution < -0.4 is 15.0 Å². The maximum absolute atomic E-state index is 12.2. The molecule has 3 aliphatic heterocycles. The number of fused-ring (bicyclic) bond motifs is 4. The third kappa shape index (κ3) is 5.82. The minimum atomic E-state index is -0.366. The van der Waals surface area contributed by atoms with Gasteiger partial charge in [0.25, 0.3) is 0 Å². The van der Waals surface area contributed by atoms with E-state index in [0.29, 0.717) is 18.2 Å². The SMILES string of the molecule is CCC1CNCCN1c1cccc(-n2cnc3cc(C(=O)OCCOC)ccc32)c1.c1cc2ccc1CO2. The summed E-state index contributed by atoms with van der Waals surface area (Å²) in [7, 11) is 1.58. The molecule has 3 aliphatic rings. The van der Waals surface area contributed by atoms with Gasteiger partial charge < -0.3 is 24.4 Å². The number of carbonyl (C=O) groups excluding carboxylic acids is 1. The molecule has 0 radical (unpaired) electrons. The normalized spacial score (nSPS) is 16.1. The summed E-state index contributed by atoms with van der Waals surface area (Å²) in [6.07, 6.45) is 2.91. The molecule has 2 bridgehead atoms. The van der Waals surface area contributed by atoms with E-state index in [1.807, 2.05) is 18.2 Å². The molecule has 1 unspecified atom stereocenters. The highest BCUT2D eigenvalue weighted by molar-refractivity contribution is 5.94. The fraction of sp³-hybridized carbons (Fsp3) is 0.333. The van der Waals surface area contributed by atoms with Gasteiger partial charge in [-0.15, -0.1) is 0 Å². The number of esters is 1. The first-order valence-electron chi connectivity index (χ1n) is 13.1. The Hall–Kier alpha value is -3.88. The number of carbonyl (C=O) groups is 1. The van der Waals surface area contributed by atoms with Crippen molar-refractivity contribution in [3.8, 4) is 11.4 Å². The summed E-state index contributed by atoms with van der Waals surface area (Å²) in [5.74, 6) is 0.620. The van der Waals surface area contributed by atoms with Crippen molar-refractivity contribution in [1.29, 1.82) is 0 Å². The molecule has 4 heterocycles. The van der Waals surface area contributed by atoms with Crippen LogP contribution in [0.5, 0.6) is 5.75 Å². The molecule has 0 aliphatic carbocycles. The van der Waals surface area contributed by atoms with Gasteiger partial charge >= 0.3 is 5.97 Å². The molecule has 8 nitrogen and oxygen atoms in total. The van der Waals surface area contributed by atoms with E-state index in [1.54, 1.807) is 25.6 Å². The molecular weight excluding hydrogens is 480 g/mol. The van der Waals surface area contributed by atoms with Gasteiger partial charge in [0.1, 0.15) is 25.3 Å². The molecule has 1 fully saturated rings. The van der Waals surface area contributed by atoms with Crippen molar-refractivity contribution in [3.63, 3.8) is 0 Å². The zero-order valence-corrected chi connectivity index (χ0v) is 21.9. The lowest BCUT2D eigenvalue weighted by Gasteiger charge is -2.37. The number of methoxy groups -OCH3 is 1. The van der Waals surface area contributed by atoms with Gasteiger partial charge in [-0.2, -0.15) is 0 Å². The number of rotatable bonds is 7. The lowest BCUT2D eigenvalue weighted by molar-refractivity contribution is 0.0388. The number of benzene rings is 3. The first-order chi connectivity index (χ1) is 18.7. The standard InChI is InChI=1S/C23H28N4O3.C7H6O/c1-3-18-15-24-9-10-26(18)19-5-4-6-20(14-19)27-16-25-21-13-17(7-8-22(21)27)23(28)30-12-11-29-2;1-3-7-4-2-6(1)5-8-7/h4-8,13-14,16,18,24H,3,9-12,15H2,1-2H3;1-4H,5H2. The summed E-state index contributed by atoms with van der Waals surface area (Å²) < 4.78 is 17.4. The lowest BCUT2D eigenvalue weighted by atomic mass is 10.1. The van der Waals surface area contributed by atoms with Crippen molar-refractivity contribution in [1.82, 2.24) is 14.9 Å². The average Bonchev–Trinajstić information content (AvgIpc) is 3.42. The van der Waals surface area contributed by atoms with Gasteiger partial charge in [-0.1, -0.05) is 25.1 Å². The van der Waals surface area contributed by atoms with Crippen molar-refractivity contribution in [3.05, 3.63) is 84.2 Å². The second-order valence-corrected chi connectivity index (χ2v) is 9.36. The maximum Gasteiger partial charge on any atom is 0.338 e. The molecule has 0 saturated carbocycles. The summed E-state index contributed by atoms with van der Waals surface area (Å²) in [6.45, 7) is 6.62. The van der Waals surface area contributed by atoms with Gasteiger partial charge in [-0.3, -0.25) is 4.57 Å². The quantitative estimate of drug-likeness (QED) is 0.285. The number of aromatic nitrogens is 2. The number of hydrogen-bond acceptors (Lipinski definition) is 7. The van der Waals surface area contributed by atoms with Crippen molar-refractivity contribution in [2.24, 2.45) is 0 Å². The molecular formula is C30H34N4O4. The highest BCUT2D eigenvalue weighted by Crippen LogP contribution is 2.26. The van der Waals surface area contributed by atoms with Gasteiger partial charge in [0.2, 0.25) is 0 Å². The Morgan fingerprint density at radius 3 is 2.61 bits per heavy atom. The molecule has 1 N–H and O–H groups in total. The van der Waals surface area contributed by atoms with Crippen LogP contribution in [-0.4, -0.2) is 61.5 Å². The highest BCUT2D eigenvalue weighted by atomic mass is 16.6. The Kier molecular flexibility index (Phi) is 8.21. The fourth-order valence-corrected chi connectivity index (χ4v) is 4.78. The molecule has 1 aromatic heterocycles. The Morgan fingerprint density at radius 2 is 1.92 bits per heavy atom. The minimum absolute atomic E-state index is 0.235. The highest BCUT2D eigenvalue weighted by Gasteiger charge is 2.21. The van der Waals surface area contributed by atoms with Gasteiger partial charge in [0, 0.05) is 44.2 Å². The zero-order chi connectivity index (χ0) is 26.3. The number of anilines is 1. The third-order valence-electron chi connectivity index (χ3n) is 6.89. The van der Waals surface area contributed by atoms with E-state index in [2.05, 4.69) is 63.1 Å². The van der Waals surface area contributed by atoms with Crippen LogP contribution in [0.4, 0.5) is 5.69 Å². The summed E-state index contributed by atoms with van der Waals surface area (Å²) in [4.78, 5) is 19.2. The summed E-state index contributed by atoms with van der Waals surface area (Å²) in [5, 5.41) is 3.48. The summed E-state index contributed by atoms with van der Waals surface area (Å²) in [6, 6.07) is 22.7. The number of ether oxygens (including phenoxy) is 3. The first-order valence-corrected chi connectivity index (χ1v) is 13.1. The van der Waals surface area contributed by atoms with Crippen LogP contribution in [0, 0.1) is 0 Å². The molecule has 3 aromatic carbocycles. The van der Waals surface area contributed by atoms with Crippen molar-refractivity contribution in [2.75, 3.05) is 44.9 Å². The van der Waals surface area contributed by atoms with E-state index in [1.165, 1.54) is 11.3 Å². The first kappa shape index (κ1) is 25.8. The molecule has 1 atom stereocenters. The van der Waals surface area contributed by atoms with Crippen LogP contribution in [0.15, 0.2) is 73.1 Å². The minimum Gasteiger partial charge on any atom is -0.489 e. The zero-order valence-electron chi connectivity index (χ0n) is 21.9. The van der Waals surface area contributed by atoms with Crippen LogP contribution in [0.2, 0.25) is 0 Å². The Morgan fingerprint density at radius 1 is 1.08 bits per heavy atom. The van der Waals surface area contributed by atoms with E-state index >= 15 is 0 Å². The molecule has 1 saturated heterocycles. The number of piperazine rings is 1. The van der Waals surface area contributed by atoms with Crippen molar-refractivity contribution >= 4 is 22.7 Å². The predicted octanol–water partition coefficient (Wildman–Crippen LogP) is 4.60. The molecule has 8 heteroatoms. The topological polar surface area (TPSA) is 77.9 Å². The van der Waals surface area contributed by atoms with E-state index in [-0.39, 0.29) is 12.6 Å². The monoisotopic (exact) mass is 514 g/mol. The van der Waals surface area contributed by atoms with E-state index in [0.717, 1.165) is 55.1 Å². The predicted molar refractivity (Wildman–Crippen MR) is 148 cm³/mol. The Labute approximate surface area is 223 Å². The largest absolute Gasteiger partial charge is 0.489 e. The van der Waals surface area contributed by atoms with E-state index < -0.39 is 0 Å². The van der Waals surface area contributed by atoms with Crippen molar-refractivity contribution < 1.29 is 19.0 Å². The second kappa shape index (κ2) is 12.1. The van der Waals surface area contributed by atoms with E-state index in [4.69, 9.17) is 14.2 Å². The van der Waals surface area contributed by atoms with Crippen LogP contribution >= 0.6 is 0 Å². The van der Waals surface area contributed by atoms with Gasteiger partial charge in [-0.05, 0) is 60.5 Å². The Balaban J connectivity index is 0.000000310. The smallest absolute Gasteiger partial charge is 0.338 e. The number of nitrogens with zero attached hydrogens (tertiary/aromatic N) is 3. The lowest BCUT2D eigenvalue weighted by Crippen LogP contribution is -2.51. The summed E-state index contributed by atoms with van der Waals surface area (Å²) in [5.41, 5.74) is 5.74. The van der Waals surface area contributed by atoms with Crippen molar-refractivity contribution in [2.45, 2.75) is 26.0 Å².